The normalized spacial score (nSPS) is 10.1. The zero-order valence-electron chi connectivity index (χ0n) is 8.22. The van der Waals surface area contributed by atoms with Crippen molar-refractivity contribution in [3.63, 3.8) is 0 Å². The van der Waals surface area contributed by atoms with Gasteiger partial charge in [0.25, 0.3) is 0 Å². The predicted octanol–water partition coefficient (Wildman–Crippen LogP) is 2.76. The molecule has 0 radical (unpaired) electrons. The summed E-state index contributed by atoms with van der Waals surface area (Å²) in [7, 11) is 0. The van der Waals surface area contributed by atoms with Crippen molar-refractivity contribution in [1.29, 1.82) is 0 Å². The monoisotopic (exact) mass is 217 g/mol. The van der Waals surface area contributed by atoms with Gasteiger partial charge < -0.3 is 0 Å². The lowest BCUT2D eigenvalue weighted by molar-refractivity contribution is 0.816. The average molecular weight is 217 g/mol. The molecule has 0 spiro atoms. The van der Waals surface area contributed by atoms with Crippen molar-refractivity contribution in [3.05, 3.63) is 58.0 Å². The molecule has 2 rings (SSSR count). The largest absolute Gasteiger partial charge is 0.307 e. The van der Waals surface area contributed by atoms with E-state index in [1.165, 1.54) is 11.3 Å². The smallest absolute Gasteiger partial charge is 0.295 e. The lowest BCUT2D eigenvalue weighted by atomic mass is 10.2. The van der Waals surface area contributed by atoms with Crippen molar-refractivity contribution < 1.29 is 0 Å². The fourth-order valence-corrected chi connectivity index (χ4v) is 2.24. The summed E-state index contributed by atoms with van der Waals surface area (Å²) in [5.74, 6) is 0. The van der Waals surface area contributed by atoms with E-state index in [0.29, 0.717) is 6.54 Å². The van der Waals surface area contributed by atoms with Gasteiger partial charge in [0.2, 0.25) is 0 Å². The van der Waals surface area contributed by atoms with Crippen LogP contribution in [0.2, 0.25) is 0 Å². The van der Waals surface area contributed by atoms with Crippen LogP contribution >= 0.6 is 11.3 Å². The van der Waals surface area contributed by atoms with E-state index in [1.807, 2.05) is 35.7 Å². The molecule has 0 amide bonds. The second-order valence-corrected chi connectivity index (χ2v) is 3.97. The van der Waals surface area contributed by atoms with Crippen LogP contribution in [0.15, 0.2) is 53.2 Å². The van der Waals surface area contributed by atoms with E-state index in [1.54, 1.807) is 10.6 Å². The standard InChI is InChI=1S/C12H11NOS/c1-2-8-13-11(9-15-12(13)14)10-6-4-3-5-7-10/h2-7,9H,1,8H2. The maximum atomic E-state index is 11.5. The fourth-order valence-electron chi connectivity index (χ4n) is 1.47. The van der Waals surface area contributed by atoms with Gasteiger partial charge in [0.1, 0.15) is 0 Å². The third-order valence-corrected chi connectivity index (χ3v) is 2.93. The molecule has 0 atom stereocenters. The minimum Gasteiger partial charge on any atom is -0.295 e. The van der Waals surface area contributed by atoms with Gasteiger partial charge in [-0.15, -0.1) is 6.58 Å². The Kier molecular flexibility index (Phi) is 2.83. The molecule has 2 aromatic rings. The van der Waals surface area contributed by atoms with E-state index in [0.717, 1.165) is 11.3 Å². The molecule has 0 aliphatic heterocycles. The molecule has 76 valence electrons. The molecule has 3 heteroatoms. The summed E-state index contributed by atoms with van der Waals surface area (Å²) in [6, 6.07) is 9.90. The Balaban J connectivity index is 2.54. The minimum atomic E-state index is 0.0637. The van der Waals surface area contributed by atoms with Gasteiger partial charge >= 0.3 is 4.87 Å². The van der Waals surface area contributed by atoms with Crippen LogP contribution in [0, 0.1) is 0 Å². The summed E-state index contributed by atoms with van der Waals surface area (Å²) in [6.07, 6.45) is 1.74. The van der Waals surface area contributed by atoms with Crippen LogP contribution in [0.25, 0.3) is 11.3 Å². The summed E-state index contributed by atoms with van der Waals surface area (Å²) in [4.78, 5) is 11.6. The Hall–Kier alpha value is -1.61. The first-order valence-corrected chi connectivity index (χ1v) is 5.55. The first-order valence-electron chi connectivity index (χ1n) is 4.67. The molecule has 15 heavy (non-hydrogen) atoms. The molecule has 0 fully saturated rings. The van der Waals surface area contributed by atoms with Gasteiger partial charge in [-0.3, -0.25) is 9.36 Å². The van der Waals surface area contributed by atoms with E-state index in [4.69, 9.17) is 0 Å². The zero-order chi connectivity index (χ0) is 10.7. The van der Waals surface area contributed by atoms with Gasteiger partial charge in [0.05, 0.1) is 5.69 Å². The SMILES string of the molecule is C=CCn1c(-c2ccccc2)csc1=O. The molecule has 0 aliphatic rings. The second-order valence-electron chi connectivity index (χ2n) is 3.15. The molecule has 1 heterocycles. The number of rotatable bonds is 3. The Morgan fingerprint density at radius 1 is 1.33 bits per heavy atom. The van der Waals surface area contributed by atoms with Crippen LogP contribution in [0.3, 0.4) is 0 Å². The number of hydrogen-bond acceptors (Lipinski definition) is 2. The highest BCUT2D eigenvalue weighted by Gasteiger charge is 2.06. The van der Waals surface area contributed by atoms with Crippen LogP contribution in [-0.2, 0) is 6.54 Å². The molecule has 0 N–H and O–H groups in total. The van der Waals surface area contributed by atoms with Crippen molar-refractivity contribution in [2.75, 3.05) is 0 Å². The molecule has 0 aliphatic carbocycles. The molecule has 0 saturated heterocycles. The number of hydrogen-bond donors (Lipinski definition) is 0. The van der Waals surface area contributed by atoms with Gasteiger partial charge in [-0.2, -0.15) is 0 Å². The third kappa shape index (κ3) is 1.92. The summed E-state index contributed by atoms with van der Waals surface area (Å²) in [5.41, 5.74) is 2.03. The maximum absolute atomic E-state index is 11.5. The summed E-state index contributed by atoms with van der Waals surface area (Å²) >= 11 is 1.23. The molecular weight excluding hydrogens is 206 g/mol. The Bertz CT molecular complexity index is 510. The zero-order valence-corrected chi connectivity index (χ0v) is 9.04. The van der Waals surface area contributed by atoms with E-state index >= 15 is 0 Å². The highest BCUT2D eigenvalue weighted by atomic mass is 32.1. The lowest BCUT2D eigenvalue weighted by Gasteiger charge is -2.04. The predicted molar refractivity (Wildman–Crippen MR) is 64.2 cm³/mol. The summed E-state index contributed by atoms with van der Waals surface area (Å²) in [6.45, 7) is 4.22. The first kappa shape index (κ1) is 9.93. The van der Waals surface area contributed by atoms with Crippen LogP contribution in [0.5, 0.6) is 0 Å². The lowest BCUT2D eigenvalue weighted by Crippen LogP contribution is -2.12. The van der Waals surface area contributed by atoms with Crippen LogP contribution < -0.4 is 4.87 Å². The molecule has 0 unspecified atom stereocenters. The quantitative estimate of drug-likeness (QED) is 0.725. The average Bonchev–Trinajstić information content (AvgIpc) is 2.63. The van der Waals surface area contributed by atoms with Crippen LogP contribution in [-0.4, -0.2) is 4.57 Å². The van der Waals surface area contributed by atoms with E-state index < -0.39 is 0 Å². The summed E-state index contributed by atoms with van der Waals surface area (Å²) < 4.78 is 1.73. The Labute approximate surface area is 92.1 Å². The summed E-state index contributed by atoms with van der Waals surface area (Å²) in [5, 5.41) is 1.89. The number of aromatic nitrogens is 1. The topological polar surface area (TPSA) is 22.0 Å². The van der Waals surface area contributed by atoms with E-state index in [9.17, 15) is 4.79 Å². The number of allylic oxidation sites excluding steroid dienone is 1. The third-order valence-electron chi connectivity index (χ3n) is 2.16. The van der Waals surface area contributed by atoms with Gasteiger partial charge in [-0.25, -0.2) is 0 Å². The highest BCUT2D eigenvalue weighted by Crippen LogP contribution is 2.19. The highest BCUT2D eigenvalue weighted by molar-refractivity contribution is 7.07. The van der Waals surface area contributed by atoms with Crippen molar-refractivity contribution in [2.24, 2.45) is 0 Å². The molecule has 2 nitrogen and oxygen atoms in total. The maximum Gasteiger partial charge on any atom is 0.307 e. The molecule has 0 bridgehead atoms. The van der Waals surface area contributed by atoms with E-state index in [-0.39, 0.29) is 4.87 Å². The van der Waals surface area contributed by atoms with Crippen molar-refractivity contribution >= 4 is 11.3 Å². The Morgan fingerprint density at radius 3 is 2.73 bits per heavy atom. The number of nitrogens with zero attached hydrogens (tertiary/aromatic N) is 1. The van der Waals surface area contributed by atoms with Gasteiger partial charge in [0.15, 0.2) is 0 Å². The van der Waals surface area contributed by atoms with Crippen LogP contribution in [0.4, 0.5) is 0 Å². The van der Waals surface area contributed by atoms with Crippen LogP contribution in [0.1, 0.15) is 0 Å². The second kappa shape index (κ2) is 4.28. The molecule has 1 aromatic carbocycles. The fraction of sp³-hybridized carbons (Fsp3) is 0.0833. The molecule has 1 aromatic heterocycles. The molecule has 0 saturated carbocycles. The first-order chi connectivity index (χ1) is 7.33. The van der Waals surface area contributed by atoms with E-state index in [2.05, 4.69) is 6.58 Å². The van der Waals surface area contributed by atoms with Gasteiger partial charge in [0, 0.05) is 11.9 Å². The number of benzene rings is 1. The van der Waals surface area contributed by atoms with Gasteiger partial charge in [-0.1, -0.05) is 47.7 Å². The van der Waals surface area contributed by atoms with Gasteiger partial charge in [-0.05, 0) is 5.56 Å². The molecular formula is C12H11NOS. The minimum absolute atomic E-state index is 0.0637. The Morgan fingerprint density at radius 2 is 2.07 bits per heavy atom. The number of thiazole rings is 1. The van der Waals surface area contributed by atoms with Crippen molar-refractivity contribution in [1.82, 2.24) is 4.57 Å². The van der Waals surface area contributed by atoms with Crippen molar-refractivity contribution in [2.45, 2.75) is 6.54 Å². The van der Waals surface area contributed by atoms with Crippen molar-refractivity contribution in [3.8, 4) is 11.3 Å².